The Bertz CT molecular complexity index is 931. The Hall–Kier alpha value is -2.16. The van der Waals surface area contributed by atoms with Gasteiger partial charge in [-0.3, -0.25) is 19.4 Å². The first-order valence-electron chi connectivity index (χ1n) is 14.4. The number of rotatable bonds is 5. The number of carbonyl (C=O) groups is 2. The molecule has 1 aliphatic carbocycles. The van der Waals surface area contributed by atoms with E-state index in [0.717, 1.165) is 75.6 Å². The maximum absolute atomic E-state index is 13.2. The van der Waals surface area contributed by atoms with Crippen molar-refractivity contribution in [2.45, 2.75) is 58.3 Å². The van der Waals surface area contributed by atoms with Crippen molar-refractivity contribution < 1.29 is 14.3 Å². The minimum Gasteiger partial charge on any atom is -0.372 e. The summed E-state index contributed by atoms with van der Waals surface area (Å²) in [6, 6.07) is 8.74. The van der Waals surface area contributed by atoms with Gasteiger partial charge in [0.05, 0.1) is 18.8 Å². The van der Waals surface area contributed by atoms with Crippen molar-refractivity contribution >= 4 is 17.5 Å². The molecular weight excluding hydrogens is 466 g/mol. The number of morpholine rings is 1. The summed E-state index contributed by atoms with van der Waals surface area (Å²) in [7, 11) is 0. The van der Waals surface area contributed by atoms with Gasteiger partial charge in [-0.2, -0.15) is 0 Å². The van der Waals surface area contributed by atoms with E-state index in [1.54, 1.807) is 0 Å². The summed E-state index contributed by atoms with van der Waals surface area (Å²) in [5.74, 6) is 1.15. The fourth-order valence-corrected chi connectivity index (χ4v) is 6.79. The average Bonchev–Trinajstić information content (AvgIpc) is 3.34. The van der Waals surface area contributed by atoms with Crippen LogP contribution in [-0.4, -0.2) is 122 Å². The van der Waals surface area contributed by atoms with Crippen LogP contribution in [0.1, 0.15) is 50.4 Å². The van der Waals surface area contributed by atoms with E-state index >= 15 is 0 Å². The van der Waals surface area contributed by atoms with Gasteiger partial charge in [0.25, 0.3) is 5.91 Å². The van der Waals surface area contributed by atoms with Crippen LogP contribution in [0.4, 0.5) is 5.69 Å². The lowest BCUT2D eigenvalue weighted by molar-refractivity contribution is -0.134. The number of nitrogens with zero attached hydrogens (tertiary/aromatic N) is 5. The molecule has 1 aromatic carbocycles. The fourth-order valence-electron chi connectivity index (χ4n) is 6.79. The summed E-state index contributed by atoms with van der Waals surface area (Å²) in [5.41, 5.74) is 1.82. The molecule has 3 heterocycles. The quantitative estimate of drug-likeness (QED) is 0.605. The van der Waals surface area contributed by atoms with Crippen LogP contribution in [0.15, 0.2) is 24.3 Å². The largest absolute Gasteiger partial charge is 0.372 e. The zero-order valence-electron chi connectivity index (χ0n) is 23.0. The van der Waals surface area contributed by atoms with Crippen LogP contribution in [0.25, 0.3) is 0 Å². The highest BCUT2D eigenvalue weighted by Gasteiger charge is 2.33. The number of amides is 2. The molecule has 204 valence electrons. The lowest BCUT2D eigenvalue weighted by atomic mass is 10.0. The highest BCUT2D eigenvalue weighted by atomic mass is 16.5. The van der Waals surface area contributed by atoms with Crippen molar-refractivity contribution in [2.24, 2.45) is 5.92 Å². The first-order valence-corrected chi connectivity index (χ1v) is 14.4. The zero-order chi connectivity index (χ0) is 25.9. The van der Waals surface area contributed by atoms with Crippen LogP contribution in [0, 0.1) is 5.92 Å². The van der Waals surface area contributed by atoms with Crippen molar-refractivity contribution in [3.05, 3.63) is 29.8 Å². The maximum Gasteiger partial charge on any atom is 0.254 e. The molecule has 3 aliphatic heterocycles. The first kappa shape index (κ1) is 26.4. The van der Waals surface area contributed by atoms with E-state index in [2.05, 4.69) is 32.6 Å². The Morgan fingerprint density at radius 1 is 0.865 bits per heavy atom. The topological polar surface area (TPSA) is 59.6 Å². The van der Waals surface area contributed by atoms with Crippen molar-refractivity contribution in [1.82, 2.24) is 19.6 Å². The molecule has 4 unspecified atom stereocenters. The lowest BCUT2D eigenvalue weighted by Gasteiger charge is -2.41. The van der Waals surface area contributed by atoms with Gasteiger partial charge in [-0.05, 0) is 50.8 Å². The summed E-state index contributed by atoms with van der Waals surface area (Å²) < 4.78 is 5.79. The van der Waals surface area contributed by atoms with E-state index in [1.807, 2.05) is 36.9 Å². The molecule has 2 amide bonds. The first-order chi connectivity index (χ1) is 17.9. The van der Waals surface area contributed by atoms with Gasteiger partial charge in [0.1, 0.15) is 0 Å². The standard InChI is InChI=1S/C29H45N5O3/c1-22-6-4-9-27(22)32-14-16-33(17-15-32)28(35)21-30-10-12-31(13-11-30)26-8-5-7-25(18-26)29(36)34-19-23(2)37-24(3)20-34/h5,7-8,18,22-24,27H,4,6,9-17,19-21H2,1-3H3. The maximum atomic E-state index is 13.2. The fraction of sp³-hybridized carbons (Fsp3) is 0.724. The third kappa shape index (κ3) is 6.29. The Morgan fingerprint density at radius 2 is 1.57 bits per heavy atom. The molecular formula is C29H45N5O3. The molecule has 0 spiro atoms. The molecule has 1 saturated carbocycles. The van der Waals surface area contributed by atoms with E-state index in [1.165, 1.54) is 19.3 Å². The third-order valence-electron chi connectivity index (χ3n) is 8.85. The van der Waals surface area contributed by atoms with E-state index in [0.29, 0.717) is 19.6 Å². The van der Waals surface area contributed by atoms with Gasteiger partial charge in [-0.15, -0.1) is 0 Å². The average molecular weight is 512 g/mol. The minimum absolute atomic E-state index is 0.0616. The van der Waals surface area contributed by atoms with Gasteiger partial charge >= 0.3 is 0 Å². The predicted octanol–water partition coefficient (Wildman–Crippen LogP) is 2.39. The Kier molecular flexibility index (Phi) is 8.37. The van der Waals surface area contributed by atoms with Crippen LogP contribution in [-0.2, 0) is 9.53 Å². The van der Waals surface area contributed by atoms with Crippen molar-refractivity contribution in [1.29, 1.82) is 0 Å². The normalized spacial score (nSPS) is 30.1. The highest BCUT2D eigenvalue weighted by molar-refractivity contribution is 5.95. The molecule has 8 nitrogen and oxygen atoms in total. The van der Waals surface area contributed by atoms with Crippen molar-refractivity contribution in [2.75, 3.05) is 76.9 Å². The van der Waals surface area contributed by atoms with E-state index in [9.17, 15) is 9.59 Å². The number of anilines is 1. The van der Waals surface area contributed by atoms with Gasteiger partial charge in [0.2, 0.25) is 5.91 Å². The summed E-state index contributed by atoms with van der Waals surface area (Å²) >= 11 is 0. The lowest BCUT2D eigenvalue weighted by Crippen LogP contribution is -2.55. The second-order valence-corrected chi connectivity index (χ2v) is 11.7. The van der Waals surface area contributed by atoms with Crippen LogP contribution in [0.2, 0.25) is 0 Å². The number of hydrogen-bond acceptors (Lipinski definition) is 6. The van der Waals surface area contributed by atoms with E-state index in [4.69, 9.17) is 4.74 Å². The molecule has 8 heteroatoms. The second kappa shape index (κ2) is 11.7. The number of hydrogen-bond donors (Lipinski definition) is 0. The molecule has 5 rings (SSSR count). The van der Waals surface area contributed by atoms with E-state index in [-0.39, 0.29) is 24.0 Å². The zero-order valence-corrected chi connectivity index (χ0v) is 23.0. The molecule has 0 N–H and O–H groups in total. The molecule has 4 fully saturated rings. The smallest absolute Gasteiger partial charge is 0.254 e. The summed E-state index contributed by atoms with van der Waals surface area (Å²) in [6.07, 6.45) is 4.15. The molecule has 1 aromatic rings. The van der Waals surface area contributed by atoms with Gasteiger partial charge in [0, 0.05) is 82.7 Å². The monoisotopic (exact) mass is 511 g/mol. The second-order valence-electron chi connectivity index (χ2n) is 11.7. The molecule has 0 aromatic heterocycles. The van der Waals surface area contributed by atoms with Gasteiger partial charge in [0.15, 0.2) is 0 Å². The summed E-state index contributed by atoms with van der Waals surface area (Å²) in [5, 5.41) is 0. The highest BCUT2D eigenvalue weighted by Crippen LogP contribution is 2.30. The van der Waals surface area contributed by atoms with Crippen LogP contribution in [0.5, 0.6) is 0 Å². The SMILES string of the molecule is CC1CN(C(=O)c2cccc(N3CCN(CC(=O)N4CCN(C5CCCC5C)CC4)CC3)c2)CC(C)O1. The molecule has 4 aliphatic rings. The van der Waals surface area contributed by atoms with Crippen LogP contribution >= 0.6 is 0 Å². The number of benzene rings is 1. The Balaban J connectivity index is 1.09. The summed E-state index contributed by atoms with van der Waals surface area (Å²) in [4.78, 5) is 37.4. The van der Waals surface area contributed by atoms with Crippen LogP contribution in [0.3, 0.4) is 0 Å². The number of piperazine rings is 2. The van der Waals surface area contributed by atoms with Crippen molar-refractivity contribution in [3.8, 4) is 0 Å². The Morgan fingerprint density at radius 3 is 2.22 bits per heavy atom. The molecule has 0 radical (unpaired) electrons. The molecule has 0 bridgehead atoms. The van der Waals surface area contributed by atoms with Gasteiger partial charge in [-0.1, -0.05) is 19.4 Å². The van der Waals surface area contributed by atoms with E-state index < -0.39 is 0 Å². The predicted molar refractivity (Wildman–Crippen MR) is 146 cm³/mol. The summed E-state index contributed by atoms with van der Waals surface area (Å²) in [6.45, 7) is 15.4. The molecule has 37 heavy (non-hydrogen) atoms. The number of carbonyl (C=O) groups excluding carboxylic acids is 2. The van der Waals surface area contributed by atoms with Gasteiger partial charge < -0.3 is 19.4 Å². The van der Waals surface area contributed by atoms with Crippen LogP contribution < -0.4 is 4.90 Å². The number of ether oxygens (including phenoxy) is 1. The molecule has 3 saturated heterocycles. The van der Waals surface area contributed by atoms with Gasteiger partial charge in [-0.25, -0.2) is 0 Å². The van der Waals surface area contributed by atoms with Crippen molar-refractivity contribution in [3.63, 3.8) is 0 Å². The minimum atomic E-state index is 0.0616. The molecule has 4 atom stereocenters. The third-order valence-corrected chi connectivity index (χ3v) is 8.85. The Labute approximate surface area is 222 Å².